The Morgan fingerprint density at radius 2 is 2.00 bits per heavy atom. The molecule has 0 aliphatic rings. The Bertz CT molecular complexity index is 771. The molecule has 26 heavy (non-hydrogen) atoms. The molecule has 0 saturated carbocycles. The first-order chi connectivity index (χ1) is 12.6. The van der Waals surface area contributed by atoms with Gasteiger partial charge in [-0.3, -0.25) is 4.79 Å². The lowest BCUT2D eigenvalue weighted by atomic mass is 10.1. The Hall–Kier alpha value is -2.69. The quantitative estimate of drug-likeness (QED) is 0.422. The second kappa shape index (κ2) is 10.3. The van der Waals surface area contributed by atoms with Crippen molar-refractivity contribution in [3.63, 3.8) is 0 Å². The third kappa shape index (κ3) is 6.67. The fourth-order valence-corrected chi connectivity index (χ4v) is 2.60. The fraction of sp³-hybridized carbons (Fsp3) is 0.381. The van der Waals surface area contributed by atoms with Crippen molar-refractivity contribution in [3.8, 4) is 0 Å². The van der Waals surface area contributed by atoms with Crippen LogP contribution in [0.25, 0.3) is 17.0 Å². The molecule has 0 aliphatic heterocycles. The highest BCUT2D eigenvalue weighted by Gasteiger charge is 2.09. The molecule has 2 rings (SSSR count). The van der Waals surface area contributed by atoms with Gasteiger partial charge in [-0.1, -0.05) is 50.5 Å². The van der Waals surface area contributed by atoms with E-state index in [9.17, 15) is 9.59 Å². The van der Waals surface area contributed by atoms with Crippen LogP contribution in [0.1, 0.15) is 45.2 Å². The van der Waals surface area contributed by atoms with Gasteiger partial charge in [0.1, 0.15) is 0 Å². The zero-order chi connectivity index (χ0) is 18.8. The van der Waals surface area contributed by atoms with E-state index in [-0.39, 0.29) is 18.6 Å². The van der Waals surface area contributed by atoms with Crippen LogP contribution < -0.4 is 5.32 Å². The predicted octanol–water partition coefficient (Wildman–Crippen LogP) is 3.88. The van der Waals surface area contributed by atoms with Crippen LogP contribution in [-0.2, 0) is 14.3 Å². The van der Waals surface area contributed by atoms with Crippen LogP contribution in [0.2, 0.25) is 0 Å². The lowest BCUT2D eigenvalue weighted by Gasteiger charge is -2.13. The number of esters is 1. The molecule has 0 bridgehead atoms. The van der Waals surface area contributed by atoms with Gasteiger partial charge in [-0.05, 0) is 31.6 Å². The van der Waals surface area contributed by atoms with E-state index >= 15 is 0 Å². The number of nitrogens with one attached hydrogen (secondary N) is 1. The smallest absolute Gasteiger partial charge is 0.331 e. The highest BCUT2D eigenvalue weighted by Crippen LogP contribution is 2.12. The second-order valence-corrected chi connectivity index (χ2v) is 6.33. The van der Waals surface area contributed by atoms with Crippen molar-refractivity contribution in [2.24, 2.45) is 0 Å². The highest BCUT2D eigenvalue weighted by atomic mass is 16.5. The number of hydrogen-bond donors (Lipinski definition) is 1. The Kier molecular flexibility index (Phi) is 7.80. The van der Waals surface area contributed by atoms with E-state index in [0.717, 1.165) is 36.6 Å². The maximum absolute atomic E-state index is 11.8. The molecule has 0 radical (unpaired) electrons. The number of carbonyl (C=O) groups excluding carboxylic acids is 2. The van der Waals surface area contributed by atoms with Gasteiger partial charge in [0, 0.05) is 17.5 Å². The molecular weight excluding hydrogens is 328 g/mol. The number of nitrogens with zero attached hydrogens (tertiary/aromatic N) is 1. The summed E-state index contributed by atoms with van der Waals surface area (Å²) in [6.45, 7) is 3.83. The van der Waals surface area contributed by atoms with E-state index in [2.05, 4.69) is 17.2 Å². The minimum absolute atomic E-state index is 0.0880. The van der Waals surface area contributed by atoms with Gasteiger partial charge in [0.15, 0.2) is 6.61 Å². The number of ether oxygens (including phenoxy) is 1. The van der Waals surface area contributed by atoms with Crippen LogP contribution in [0.4, 0.5) is 0 Å². The van der Waals surface area contributed by atoms with Crippen molar-refractivity contribution in [2.75, 3.05) is 6.61 Å². The largest absolute Gasteiger partial charge is 0.452 e. The molecule has 1 amide bonds. The monoisotopic (exact) mass is 354 g/mol. The molecule has 1 N–H and O–H groups in total. The van der Waals surface area contributed by atoms with Crippen molar-refractivity contribution in [3.05, 3.63) is 48.2 Å². The summed E-state index contributed by atoms with van der Waals surface area (Å²) >= 11 is 0. The number of carbonyl (C=O) groups is 2. The minimum atomic E-state index is -0.561. The molecule has 0 aliphatic carbocycles. The molecule has 0 saturated heterocycles. The summed E-state index contributed by atoms with van der Waals surface area (Å²) in [7, 11) is 0. The van der Waals surface area contributed by atoms with E-state index in [1.165, 1.54) is 6.08 Å². The Morgan fingerprint density at radius 3 is 2.81 bits per heavy atom. The van der Waals surface area contributed by atoms with E-state index in [4.69, 9.17) is 4.74 Å². The normalized spacial score (nSPS) is 12.2. The number of hydrogen-bond acceptors (Lipinski definition) is 4. The van der Waals surface area contributed by atoms with E-state index in [0.29, 0.717) is 5.69 Å². The Balaban J connectivity index is 1.76. The third-order valence-electron chi connectivity index (χ3n) is 4.00. The molecule has 0 unspecified atom stereocenters. The van der Waals surface area contributed by atoms with Gasteiger partial charge in [-0.2, -0.15) is 0 Å². The van der Waals surface area contributed by atoms with Gasteiger partial charge in [0.05, 0.1) is 11.2 Å². The molecule has 1 aromatic heterocycles. The minimum Gasteiger partial charge on any atom is -0.452 e. The zero-order valence-electron chi connectivity index (χ0n) is 15.4. The summed E-state index contributed by atoms with van der Waals surface area (Å²) in [5, 5.41) is 3.87. The van der Waals surface area contributed by atoms with Crippen molar-refractivity contribution in [2.45, 2.75) is 45.6 Å². The summed E-state index contributed by atoms with van der Waals surface area (Å²) in [4.78, 5) is 28.0. The molecular formula is C21H26N2O3. The number of rotatable bonds is 9. The van der Waals surface area contributed by atoms with E-state index < -0.39 is 5.97 Å². The van der Waals surface area contributed by atoms with Crippen LogP contribution in [0.3, 0.4) is 0 Å². The number of unbranched alkanes of at least 4 members (excludes halogenated alkanes) is 2. The summed E-state index contributed by atoms with van der Waals surface area (Å²) in [5.74, 6) is -0.840. The van der Waals surface area contributed by atoms with Gasteiger partial charge in [-0.15, -0.1) is 0 Å². The molecule has 1 heterocycles. The van der Waals surface area contributed by atoms with Crippen LogP contribution in [0.15, 0.2) is 42.5 Å². The molecule has 1 atom stereocenters. The van der Waals surface area contributed by atoms with Crippen LogP contribution in [0, 0.1) is 0 Å². The first-order valence-corrected chi connectivity index (χ1v) is 9.08. The third-order valence-corrected chi connectivity index (χ3v) is 4.00. The van der Waals surface area contributed by atoms with Crippen molar-refractivity contribution in [1.29, 1.82) is 0 Å². The molecule has 5 nitrogen and oxygen atoms in total. The van der Waals surface area contributed by atoms with Crippen LogP contribution in [0.5, 0.6) is 0 Å². The average molecular weight is 354 g/mol. The number of pyridine rings is 1. The Labute approximate surface area is 154 Å². The van der Waals surface area contributed by atoms with Gasteiger partial charge >= 0.3 is 5.97 Å². The van der Waals surface area contributed by atoms with E-state index in [1.54, 1.807) is 6.08 Å². The second-order valence-electron chi connectivity index (χ2n) is 6.33. The lowest BCUT2D eigenvalue weighted by Crippen LogP contribution is -2.35. The molecule has 2 aromatic rings. The highest BCUT2D eigenvalue weighted by molar-refractivity contribution is 5.89. The number of amides is 1. The standard InChI is InChI=1S/C21H26N2O3/c1-3-4-5-8-16(2)22-20(24)15-26-21(25)14-13-18-12-11-17-9-6-7-10-19(17)23-18/h6-7,9-14,16H,3-5,8,15H2,1-2H3,(H,22,24)/b14-13+/t16-/m0/s1. The first kappa shape index (κ1) is 19.6. The topological polar surface area (TPSA) is 68.3 Å². The van der Waals surface area contributed by atoms with Gasteiger partial charge < -0.3 is 10.1 Å². The Morgan fingerprint density at radius 1 is 1.19 bits per heavy atom. The number of para-hydroxylation sites is 1. The number of aromatic nitrogens is 1. The fourth-order valence-electron chi connectivity index (χ4n) is 2.60. The SMILES string of the molecule is CCCCC[C@H](C)NC(=O)COC(=O)/C=C/c1ccc2ccccc2n1. The average Bonchev–Trinajstić information content (AvgIpc) is 2.64. The van der Waals surface area contributed by atoms with Crippen molar-refractivity contribution in [1.82, 2.24) is 10.3 Å². The maximum atomic E-state index is 11.8. The predicted molar refractivity (Wildman–Crippen MR) is 103 cm³/mol. The molecule has 5 heteroatoms. The zero-order valence-corrected chi connectivity index (χ0v) is 15.4. The summed E-state index contributed by atoms with van der Waals surface area (Å²) < 4.78 is 4.97. The first-order valence-electron chi connectivity index (χ1n) is 9.08. The van der Waals surface area contributed by atoms with Crippen LogP contribution >= 0.6 is 0 Å². The summed E-state index contributed by atoms with van der Waals surface area (Å²) in [6, 6.07) is 11.6. The molecule has 0 spiro atoms. The van der Waals surface area contributed by atoms with Gasteiger partial charge in [-0.25, -0.2) is 9.78 Å². The van der Waals surface area contributed by atoms with Gasteiger partial charge in [0.25, 0.3) is 5.91 Å². The van der Waals surface area contributed by atoms with Crippen molar-refractivity contribution < 1.29 is 14.3 Å². The summed E-state index contributed by atoms with van der Waals surface area (Å²) in [6.07, 6.45) is 7.19. The van der Waals surface area contributed by atoms with Crippen molar-refractivity contribution >= 4 is 28.9 Å². The molecule has 138 valence electrons. The van der Waals surface area contributed by atoms with Gasteiger partial charge in [0.2, 0.25) is 0 Å². The lowest BCUT2D eigenvalue weighted by molar-refractivity contribution is -0.144. The molecule has 0 fully saturated rings. The van der Waals surface area contributed by atoms with Crippen LogP contribution in [-0.4, -0.2) is 29.5 Å². The van der Waals surface area contributed by atoms with E-state index in [1.807, 2.05) is 43.3 Å². The maximum Gasteiger partial charge on any atom is 0.331 e. The summed E-state index contributed by atoms with van der Waals surface area (Å²) in [5.41, 5.74) is 1.52. The number of benzene rings is 1. The number of fused-ring (bicyclic) bond motifs is 1. The molecule has 1 aromatic carbocycles.